The van der Waals surface area contributed by atoms with Gasteiger partial charge in [-0.3, -0.25) is 4.79 Å². The third-order valence-electron chi connectivity index (χ3n) is 4.31. The number of halogens is 2. The maximum Gasteiger partial charge on any atom is 0.260 e. The molecule has 0 saturated carbocycles. The SMILES string of the molecule is CN(C)CCCN(Cc1ccc(Cl)c(Cl)c1)C(=O)COc1ccc(CC#N)cc1. The molecule has 0 radical (unpaired) electrons. The Morgan fingerprint density at radius 2 is 1.72 bits per heavy atom. The first-order valence-electron chi connectivity index (χ1n) is 9.34. The molecule has 0 N–H and O–H groups in total. The van der Waals surface area contributed by atoms with Crippen LogP contribution in [0.15, 0.2) is 42.5 Å². The number of hydrogen-bond donors (Lipinski definition) is 0. The molecule has 2 aromatic carbocycles. The highest BCUT2D eigenvalue weighted by molar-refractivity contribution is 6.42. The maximum atomic E-state index is 12.8. The van der Waals surface area contributed by atoms with E-state index in [0.717, 1.165) is 24.1 Å². The van der Waals surface area contributed by atoms with Crippen molar-refractivity contribution in [3.63, 3.8) is 0 Å². The summed E-state index contributed by atoms with van der Waals surface area (Å²) in [6.07, 6.45) is 1.20. The monoisotopic (exact) mass is 433 g/mol. The lowest BCUT2D eigenvalue weighted by molar-refractivity contribution is -0.134. The Morgan fingerprint density at radius 3 is 2.34 bits per heavy atom. The topological polar surface area (TPSA) is 56.6 Å². The normalized spacial score (nSPS) is 10.6. The third-order valence-corrected chi connectivity index (χ3v) is 5.05. The van der Waals surface area contributed by atoms with Gasteiger partial charge in [-0.2, -0.15) is 5.26 Å². The van der Waals surface area contributed by atoms with Gasteiger partial charge in [-0.1, -0.05) is 41.4 Å². The van der Waals surface area contributed by atoms with E-state index >= 15 is 0 Å². The lowest BCUT2D eigenvalue weighted by Crippen LogP contribution is -2.36. The third kappa shape index (κ3) is 7.94. The highest BCUT2D eigenvalue weighted by Gasteiger charge is 2.15. The number of carbonyl (C=O) groups is 1. The summed E-state index contributed by atoms with van der Waals surface area (Å²) in [6, 6.07) is 14.7. The maximum absolute atomic E-state index is 12.8. The molecule has 0 aliphatic heterocycles. The smallest absolute Gasteiger partial charge is 0.260 e. The Balaban J connectivity index is 2.00. The minimum absolute atomic E-state index is 0.0547. The zero-order chi connectivity index (χ0) is 21.2. The zero-order valence-corrected chi connectivity index (χ0v) is 18.2. The quantitative estimate of drug-likeness (QED) is 0.556. The van der Waals surface area contributed by atoms with Crippen LogP contribution in [0.5, 0.6) is 5.75 Å². The molecule has 2 rings (SSSR count). The summed E-state index contributed by atoms with van der Waals surface area (Å²) in [5.41, 5.74) is 1.83. The van der Waals surface area contributed by atoms with E-state index in [9.17, 15) is 4.79 Å². The number of rotatable bonds is 10. The van der Waals surface area contributed by atoms with E-state index < -0.39 is 0 Å². The van der Waals surface area contributed by atoms with E-state index in [1.807, 2.05) is 32.3 Å². The molecule has 0 aliphatic carbocycles. The predicted molar refractivity (Wildman–Crippen MR) is 116 cm³/mol. The van der Waals surface area contributed by atoms with Crippen LogP contribution in [0.1, 0.15) is 17.5 Å². The Hall–Kier alpha value is -2.26. The number of carbonyl (C=O) groups excluding carboxylic acids is 1. The lowest BCUT2D eigenvalue weighted by Gasteiger charge is -2.24. The molecular weight excluding hydrogens is 409 g/mol. The van der Waals surface area contributed by atoms with E-state index in [-0.39, 0.29) is 12.5 Å². The minimum atomic E-state index is -0.101. The van der Waals surface area contributed by atoms with Crippen molar-refractivity contribution in [3.8, 4) is 11.8 Å². The molecule has 5 nitrogen and oxygen atoms in total. The molecule has 0 heterocycles. The van der Waals surface area contributed by atoms with Crippen molar-refractivity contribution in [3.05, 3.63) is 63.6 Å². The molecule has 7 heteroatoms. The van der Waals surface area contributed by atoms with Crippen molar-refractivity contribution in [2.45, 2.75) is 19.4 Å². The Bertz CT molecular complexity index is 848. The molecule has 0 spiro atoms. The van der Waals surface area contributed by atoms with Gasteiger partial charge in [0.05, 0.1) is 22.5 Å². The molecule has 0 atom stereocenters. The largest absolute Gasteiger partial charge is 0.484 e. The van der Waals surface area contributed by atoms with Gasteiger partial charge in [0, 0.05) is 13.1 Å². The van der Waals surface area contributed by atoms with Gasteiger partial charge in [-0.15, -0.1) is 0 Å². The molecular formula is C22H25Cl2N3O2. The zero-order valence-electron chi connectivity index (χ0n) is 16.7. The van der Waals surface area contributed by atoms with Gasteiger partial charge in [0.2, 0.25) is 0 Å². The number of ether oxygens (including phenoxy) is 1. The van der Waals surface area contributed by atoms with Crippen molar-refractivity contribution in [1.29, 1.82) is 5.26 Å². The molecule has 0 unspecified atom stereocenters. The summed E-state index contributed by atoms with van der Waals surface area (Å²) in [6.45, 7) is 1.88. The van der Waals surface area contributed by atoms with Crippen LogP contribution in [0.25, 0.3) is 0 Å². The fourth-order valence-electron chi connectivity index (χ4n) is 2.76. The van der Waals surface area contributed by atoms with E-state index in [1.54, 1.807) is 29.2 Å². The molecule has 0 saturated heterocycles. The summed E-state index contributed by atoms with van der Waals surface area (Å²) in [5, 5.41) is 9.70. The average Bonchev–Trinajstić information content (AvgIpc) is 2.69. The molecule has 0 aromatic heterocycles. The van der Waals surface area contributed by atoms with Crippen molar-refractivity contribution in [2.24, 2.45) is 0 Å². The van der Waals surface area contributed by atoms with Crippen molar-refractivity contribution in [1.82, 2.24) is 9.80 Å². The first kappa shape index (κ1) is 23.0. The minimum Gasteiger partial charge on any atom is -0.484 e. The van der Waals surface area contributed by atoms with Gasteiger partial charge in [0.25, 0.3) is 5.91 Å². The number of benzene rings is 2. The average molecular weight is 434 g/mol. The second kappa shape index (κ2) is 11.7. The van der Waals surface area contributed by atoms with E-state index in [1.165, 1.54) is 0 Å². The van der Waals surface area contributed by atoms with Crippen LogP contribution in [0.2, 0.25) is 10.0 Å². The molecule has 154 valence electrons. The number of hydrogen-bond acceptors (Lipinski definition) is 4. The van der Waals surface area contributed by atoms with Gasteiger partial charge in [-0.25, -0.2) is 0 Å². The van der Waals surface area contributed by atoms with Gasteiger partial charge >= 0.3 is 0 Å². The van der Waals surface area contributed by atoms with Crippen LogP contribution in [-0.4, -0.2) is 49.5 Å². The summed E-state index contributed by atoms with van der Waals surface area (Å²) in [4.78, 5) is 16.7. The second-order valence-electron chi connectivity index (χ2n) is 6.99. The van der Waals surface area contributed by atoms with Gasteiger partial charge in [0.15, 0.2) is 6.61 Å². The van der Waals surface area contributed by atoms with Crippen LogP contribution in [0.3, 0.4) is 0 Å². The Kier molecular flexibility index (Phi) is 9.27. The summed E-state index contributed by atoms with van der Waals surface area (Å²) >= 11 is 12.1. The van der Waals surface area contributed by atoms with E-state index in [2.05, 4.69) is 11.0 Å². The number of nitrogens with zero attached hydrogens (tertiary/aromatic N) is 3. The van der Waals surface area contributed by atoms with Crippen molar-refractivity contribution >= 4 is 29.1 Å². The van der Waals surface area contributed by atoms with Crippen LogP contribution < -0.4 is 4.74 Å². The summed E-state index contributed by atoms with van der Waals surface area (Å²) < 4.78 is 5.66. The van der Waals surface area contributed by atoms with Crippen LogP contribution in [0.4, 0.5) is 0 Å². The molecule has 0 bridgehead atoms. The summed E-state index contributed by atoms with van der Waals surface area (Å²) in [5.74, 6) is 0.499. The number of amides is 1. The summed E-state index contributed by atoms with van der Waals surface area (Å²) in [7, 11) is 4.01. The Morgan fingerprint density at radius 1 is 1.03 bits per heavy atom. The fourth-order valence-corrected chi connectivity index (χ4v) is 3.08. The first-order valence-corrected chi connectivity index (χ1v) is 10.1. The lowest BCUT2D eigenvalue weighted by atomic mass is 10.2. The van der Waals surface area contributed by atoms with E-state index in [4.69, 9.17) is 33.2 Å². The second-order valence-corrected chi connectivity index (χ2v) is 7.80. The molecule has 0 fully saturated rings. The van der Waals surface area contributed by atoms with Gasteiger partial charge in [0.1, 0.15) is 5.75 Å². The van der Waals surface area contributed by atoms with Crippen molar-refractivity contribution in [2.75, 3.05) is 33.8 Å². The van der Waals surface area contributed by atoms with Gasteiger partial charge < -0.3 is 14.5 Å². The van der Waals surface area contributed by atoms with Crippen LogP contribution in [0, 0.1) is 11.3 Å². The molecule has 29 heavy (non-hydrogen) atoms. The van der Waals surface area contributed by atoms with Crippen LogP contribution in [-0.2, 0) is 17.8 Å². The predicted octanol–water partition coefficient (Wildman–Crippen LogP) is 4.42. The molecule has 2 aromatic rings. The Labute approximate surface area is 182 Å². The highest BCUT2D eigenvalue weighted by Crippen LogP contribution is 2.23. The van der Waals surface area contributed by atoms with Crippen LogP contribution >= 0.6 is 23.2 Å². The van der Waals surface area contributed by atoms with Gasteiger partial charge in [-0.05, 0) is 62.5 Å². The van der Waals surface area contributed by atoms with E-state index in [0.29, 0.717) is 35.3 Å². The number of nitriles is 1. The molecule has 0 aliphatic rings. The fraction of sp³-hybridized carbons (Fsp3) is 0.364. The standard InChI is InChI=1S/C22H25Cl2N3O2/c1-26(2)12-3-13-27(15-18-6-9-20(23)21(24)14-18)22(28)16-29-19-7-4-17(5-8-19)10-11-25/h4-9,14H,3,10,12-13,15-16H2,1-2H3. The first-order chi connectivity index (χ1) is 13.9. The highest BCUT2D eigenvalue weighted by atomic mass is 35.5. The van der Waals surface area contributed by atoms with Crippen molar-refractivity contribution < 1.29 is 9.53 Å². The molecule has 1 amide bonds.